The fourth-order valence-electron chi connectivity index (χ4n) is 0.526. The van der Waals surface area contributed by atoms with E-state index in [0.717, 1.165) is 11.8 Å². The predicted octanol–water partition coefficient (Wildman–Crippen LogP) is 2.24. The maximum absolute atomic E-state index is 12.2. The lowest BCUT2D eigenvalue weighted by Crippen LogP contribution is -1.83. The molecule has 1 heterocycles. The molecule has 0 N–H and O–H groups in total. The van der Waals surface area contributed by atoms with E-state index in [-0.39, 0.29) is 0 Å². The van der Waals surface area contributed by atoms with E-state index in [2.05, 4.69) is 4.98 Å². The Kier molecular flexibility index (Phi) is 2.62. The normalized spacial score (nSPS) is 9.80. The van der Waals surface area contributed by atoms with Crippen molar-refractivity contribution in [2.45, 2.75) is 5.03 Å². The Bertz CT molecular complexity index is 217. The van der Waals surface area contributed by atoms with Crippen LogP contribution in [0.2, 0.25) is 0 Å². The summed E-state index contributed by atoms with van der Waals surface area (Å²) in [6.07, 6.45) is 0. The van der Waals surface area contributed by atoms with Gasteiger partial charge in [-0.25, -0.2) is 9.37 Å². The molecule has 1 aromatic heterocycles. The fourth-order valence-corrected chi connectivity index (χ4v) is 0.964. The van der Waals surface area contributed by atoms with Crippen LogP contribution in [0, 0.1) is 5.95 Å². The first-order chi connectivity index (χ1) is 4.83. The van der Waals surface area contributed by atoms with Crippen LogP contribution in [0.5, 0.6) is 0 Å². The van der Waals surface area contributed by atoms with Crippen LogP contribution in [0.1, 0.15) is 0 Å². The first-order valence-corrected chi connectivity index (χ1v) is 3.63. The van der Waals surface area contributed by atoms with Crippen molar-refractivity contribution < 1.29 is 8.78 Å². The fraction of sp³-hybridized carbons (Fsp3) is 0.167. The number of hydrogen-bond donors (Lipinski definition) is 0. The zero-order valence-corrected chi connectivity index (χ0v) is 5.87. The van der Waals surface area contributed by atoms with Gasteiger partial charge in [-0.1, -0.05) is 17.8 Å². The number of pyridine rings is 1. The molecule has 0 atom stereocenters. The number of aromatic nitrogens is 1. The molecule has 0 aromatic carbocycles. The van der Waals surface area contributed by atoms with E-state index in [1.165, 1.54) is 12.1 Å². The predicted molar refractivity (Wildman–Crippen MR) is 36.0 cm³/mol. The van der Waals surface area contributed by atoms with Gasteiger partial charge in [0.1, 0.15) is 11.0 Å². The molecule has 4 heteroatoms. The van der Waals surface area contributed by atoms with E-state index in [0.29, 0.717) is 5.03 Å². The molecule has 0 spiro atoms. The molecule has 0 saturated heterocycles. The lowest BCUT2D eigenvalue weighted by molar-refractivity contribution is 0.570. The molecule has 1 aromatic rings. The summed E-state index contributed by atoms with van der Waals surface area (Å²) in [5.74, 6) is -0.571. The minimum Gasteiger partial charge on any atom is -0.239 e. The van der Waals surface area contributed by atoms with E-state index in [9.17, 15) is 8.78 Å². The maximum Gasteiger partial charge on any atom is 0.213 e. The second kappa shape index (κ2) is 3.51. The highest BCUT2D eigenvalue weighted by atomic mass is 32.2. The van der Waals surface area contributed by atoms with E-state index < -0.39 is 12.0 Å². The third-order valence-corrected chi connectivity index (χ3v) is 1.52. The SMILES string of the molecule is FCSc1cccc(F)n1. The summed E-state index contributed by atoms with van der Waals surface area (Å²) in [4.78, 5) is 3.42. The Labute approximate surface area is 61.5 Å². The molecule has 0 unspecified atom stereocenters. The summed E-state index contributed by atoms with van der Waals surface area (Å²) in [7, 11) is 0. The Morgan fingerprint density at radius 2 is 2.30 bits per heavy atom. The molecule has 0 bridgehead atoms. The highest BCUT2D eigenvalue weighted by Gasteiger charge is 1.94. The van der Waals surface area contributed by atoms with E-state index in [1.807, 2.05) is 0 Å². The van der Waals surface area contributed by atoms with E-state index in [1.54, 1.807) is 6.07 Å². The minimum absolute atomic E-state index is 0.377. The van der Waals surface area contributed by atoms with Gasteiger partial charge in [0, 0.05) is 0 Å². The summed E-state index contributed by atoms with van der Waals surface area (Å²) in [5, 5.41) is 0.377. The molecule has 0 saturated carbocycles. The van der Waals surface area contributed by atoms with Crippen LogP contribution in [0.3, 0.4) is 0 Å². The second-order valence-corrected chi connectivity index (χ2v) is 2.48. The standard InChI is InChI=1S/C6H5F2NS/c7-4-10-6-3-1-2-5(8)9-6/h1-3H,4H2. The van der Waals surface area contributed by atoms with Crippen molar-refractivity contribution in [3.63, 3.8) is 0 Å². The van der Waals surface area contributed by atoms with Gasteiger partial charge in [-0.3, -0.25) is 0 Å². The van der Waals surface area contributed by atoms with Gasteiger partial charge in [0.05, 0.1) is 0 Å². The average molecular weight is 161 g/mol. The lowest BCUT2D eigenvalue weighted by atomic mass is 10.5. The topological polar surface area (TPSA) is 12.9 Å². The summed E-state index contributed by atoms with van der Waals surface area (Å²) in [6.45, 7) is 0. The van der Waals surface area contributed by atoms with Crippen LogP contribution in [-0.2, 0) is 0 Å². The molecule has 0 aliphatic heterocycles. The summed E-state index contributed by atoms with van der Waals surface area (Å²) < 4.78 is 23.9. The van der Waals surface area contributed by atoms with Crippen molar-refractivity contribution >= 4 is 11.8 Å². The molecule has 54 valence electrons. The molecule has 0 aliphatic carbocycles. The van der Waals surface area contributed by atoms with Gasteiger partial charge in [0.2, 0.25) is 5.95 Å². The Morgan fingerprint density at radius 3 is 2.90 bits per heavy atom. The largest absolute Gasteiger partial charge is 0.239 e. The zero-order chi connectivity index (χ0) is 7.40. The van der Waals surface area contributed by atoms with Crippen molar-refractivity contribution in [1.29, 1.82) is 0 Å². The molecule has 0 radical (unpaired) electrons. The molecule has 10 heavy (non-hydrogen) atoms. The molecule has 1 rings (SSSR count). The van der Waals surface area contributed by atoms with E-state index in [4.69, 9.17) is 0 Å². The van der Waals surface area contributed by atoms with Crippen LogP contribution in [0.4, 0.5) is 8.78 Å². The lowest BCUT2D eigenvalue weighted by Gasteiger charge is -1.93. The van der Waals surface area contributed by atoms with E-state index >= 15 is 0 Å². The Morgan fingerprint density at radius 1 is 1.50 bits per heavy atom. The number of nitrogens with zero attached hydrogens (tertiary/aromatic N) is 1. The summed E-state index contributed by atoms with van der Waals surface area (Å²) in [6, 6.07) is 3.71. The molecular weight excluding hydrogens is 156 g/mol. The van der Waals surface area contributed by atoms with Crippen molar-refractivity contribution in [2.75, 3.05) is 6.01 Å². The highest BCUT2D eigenvalue weighted by Crippen LogP contribution is 2.14. The number of thioether (sulfide) groups is 1. The first-order valence-electron chi connectivity index (χ1n) is 2.64. The molecular formula is C6H5F2NS. The number of halogens is 2. The van der Waals surface area contributed by atoms with Crippen LogP contribution in [0.15, 0.2) is 23.2 Å². The second-order valence-electron chi connectivity index (χ2n) is 1.55. The first kappa shape index (κ1) is 7.47. The van der Waals surface area contributed by atoms with Gasteiger partial charge in [-0.05, 0) is 12.1 Å². The van der Waals surface area contributed by atoms with Crippen LogP contribution in [-0.4, -0.2) is 11.0 Å². The van der Waals surface area contributed by atoms with Gasteiger partial charge >= 0.3 is 0 Å². The third kappa shape index (κ3) is 1.95. The van der Waals surface area contributed by atoms with Gasteiger partial charge in [-0.2, -0.15) is 4.39 Å². The number of rotatable bonds is 2. The van der Waals surface area contributed by atoms with Crippen molar-refractivity contribution in [3.8, 4) is 0 Å². The summed E-state index contributed by atoms with van der Waals surface area (Å²) in [5.41, 5.74) is 0. The minimum atomic E-state index is -0.573. The number of alkyl halides is 1. The molecule has 0 fully saturated rings. The smallest absolute Gasteiger partial charge is 0.213 e. The van der Waals surface area contributed by atoms with Gasteiger partial charge < -0.3 is 0 Å². The quantitative estimate of drug-likeness (QED) is 0.487. The highest BCUT2D eigenvalue weighted by molar-refractivity contribution is 7.99. The maximum atomic E-state index is 12.2. The number of hydrogen-bond acceptors (Lipinski definition) is 2. The van der Waals surface area contributed by atoms with Crippen molar-refractivity contribution in [1.82, 2.24) is 4.98 Å². The molecule has 0 amide bonds. The van der Waals surface area contributed by atoms with Crippen LogP contribution in [0.25, 0.3) is 0 Å². The van der Waals surface area contributed by atoms with Gasteiger partial charge in [0.15, 0.2) is 0 Å². The van der Waals surface area contributed by atoms with Crippen LogP contribution < -0.4 is 0 Å². The van der Waals surface area contributed by atoms with Gasteiger partial charge in [-0.15, -0.1) is 0 Å². The molecule has 1 nitrogen and oxygen atoms in total. The monoisotopic (exact) mass is 161 g/mol. The van der Waals surface area contributed by atoms with Crippen molar-refractivity contribution in [2.24, 2.45) is 0 Å². The third-order valence-electron chi connectivity index (χ3n) is 0.892. The Hall–Kier alpha value is -0.640. The van der Waals surface area contributed by atoms with Gasteiger partial charge in [0.25, 0.3) is 0 Å². The molecule has 0 aliphatic rings. The average Bonchev–Trinajstić information content (AvgIpc) is 1.88. The zero-order valence-electron chi connectivity index (χ0n) is 5.05. The van der Waals surface area contributed by atoms with Crippen molar-refractivity contribution in [3.05, 3.63) is 24.1 Å². The summed E-state index contributed by atoms with van der Waals surface area (Å²) >= 11 is 0.872. The van der Waals surface area contributed by atoms with Crippen LogP contribution >= 0.6 is 11.8 Å². The Balaban J connectivity index is 2.75.